The molecule has 0 saturated carbocycles. The van der Waals surface area contributed by atoms with Gasteiger partial charge in [-0.2, -0.15) is 0 Å². The molecule has 0 aliphatic rings. The molecule has 0 spiro atoms. The summed E-state index contributed by atoms with van der Waals surface area (Å²) in [5.41, 5.74) is 0.930. The van der Waals surface area contributed by atoms with Gasteiger partial charge in [-0.1, -0.05) is 11.6 Å². The van der Waals surface area contributed by atoms with Crippen molar-refractivity contribution < 1.29 is 4.79 Å². The summed E-state index contributed by atoms with van der Waals surface area (Å²) in [6.45, 7) is 1.90. The van der Waals surface area contributed by atoms with E-state index in [1.807, 2.05) is 25.9 Å². The average Bonchev–Trinajstić information content (AvgIpc) is 2.51. The fourth-order valence-corrected chi connectivity index (χ4v) is 1.79. The molecule has 0 aliphatic carbocycles. The van der Waals surface area contributed by atoms with Crippen molar-refractivity contribution in [1.29, 1.82) is 0 Å². The van der Waals surface area contributed by atoms with Gasteiger partial charge in [-0.3, -0.25) is 4.79 Å². The molecule has 0 unspecified atom stereocenters. The predicted octanol–water partition coefficient (Wildman–Crippen LogP) is 3.05. The third-order valence-corrected chi connectivity index (χ3v) is 3.11. The topological polar surface area (TPSA) is 20.3 Å². The number of rotatable bonds is 3. The Labute approximate surface area is 92.8 Å². The fourth-order valence-electron chi connectivity index (χ4n) is 0.837. The lowest BCUT2D eigenvalue weighted by atomic mass is 10.2. The number of carbonyl (C=O) groups is 1. The Morgan fingerprint density at radius 2 is 2.14 bits per heavy atom. The van der Waals surface area contributed by atoms with Gasteiger partial charge in [0.25, 0.3) is 0 Å². The van der Waals surface area contributed by atoms with Gasteiger partial charge in [0.05, 0.1) is 9.21 Å². The first-order chi connectivity index (χ1) is 6.50. The highest BCUT2D eigenvalue weighted by Gasteiger charge is 2.06. The van der Waals surface area contributed by atoms with Crippen LogP contribution >= 0.6 is 22.9 Å². The van der Waals surface area contributed by atoms with E-state index in [9.17, 15) is 4.79 Å². The lowest BCUT2D eigenvalue weighted by Gasteiger charge is -2.11. The minimum atomic E-state index is 0.00750. The molecule has 0 N–H and O–H groups in total. The summed E-state index contributed by atoms with van der Waals surface area (Å²) in [4.78, 5) is 14.2. The second kappa shape index (κ2) is 4.62. The molecule has 0 radical (unpaired) electrons. The van der Waals surface area contributed by atoms with E-state index in [0.717, 1.165) is 5.70 Å². The average molecular weight is 230 g/mol. The fraction of sp³-hybridized carbons (Fsp3) is 0.300. The standard InChI is InChI=1S/C10H12ClNOS/c1-7(12(2)3)6-8(13)9-4-5-10(11)14-9/h4-6H,1-3H3/b7-6+. The zero-order valence-electron chi connectivity index (χ0n) is 8.37. The maximum absolute atomic E-state index is 11.6. The molecule has 1 aromatic rings. The molecule has 1 aromatic heterocycles. The van der Waals surface area contributed by atoms with Crippen molar-refractivity contribution in [2.45, 2.75) is 6.92 Å². The second-order valence-electron chi connectivity index (χ2n) is 3.15. The maximum atomic E-state index is 11.6. The van der Waals surface area contributed by atoms with Crippen LogP contribution in [0.4, 0.5) is 0 Å². The molecule has 0 atom stereocenters. The third kappa shape index (κ3) is 2.86. The Morgan fingerprint density at radius 3 is 2.57 bits per heavy atom. The van der Waals surface area contributed by atoms with Gasteiger partial charge in [0.15, 0.2) is 5.78 Å². The van der Waals surface area contributed by atoms with Gasteiger partial charge < -0.3 is 4.90 Å². The molecule has 0 bridgehead atoms. The van der Waals surface area contributed by atoms with Gasteiger partial charge in [0, 0.05) is 25.9 Å². The van der Waals surface area contributed by atoms with Crippen LogP contribution in [0.3, 0.4) is 0 Å². The van der Waals surface area contributed by atoms with Crippen LogP contribution in [0.2, 0.25) is 4.34 Å². The molecule has 4 heteroatoms. The number of halogens is 1. The lowest BCUT2D eigenvalue weighted by Crippen LogP contribution is -2.09. The number of carbonyl (C=O) groups excluding carboxylic acids is 1. The molecule has 0 saturated heterocycles. The number of allylic oxidation sites excluding steroid dienone is 2. The predicted molar refractivity (Wildman–Crippen MR) is 61.1 cm³/mol. The highest BCUT2D eigenvalue weighted by Crippen LogP contribution is 2.22. The normalized spacial score (nSPS) is 11.6. The molecule has 0 aliphatic heterocycles. The zero-order valence-corrected chi connectivity index (χ0v) is 9.95. The quantitative estimate of drug-likeness (QED) is 0.587. The van der Waals surface area contributed by atoms with Gasteiger partial charge >= 0.3 is 0 Å². The molecule has 0 fully saturated rings. The van der Waals surface area contributed by atoms with Crippen LogP contribution in [0.25, 0.3) is 0 Å². The zero-order chi connectivity index (χ0) is 10.7. The van der Waals surface area contributed by atoms with Crippen LogP contribution < -0.4 is 0 Å². The summed E-state index contributed by atoms with van der Waals surface area (Å²) in [7, 11) is 3.81. The highest BCUT2D eigenvalue weighted by molar-refractivity contribution is 7.18. The molecular formula is C10H12ClNOS. The minimum absolute atomic E-state index is 0.00750. The summed E-state index contributed by atoms with van der Waals surface area (Å²) in [6, 6.07) is 3.48. The van der Waals surface area contributed by atoms with E-state index < -0.39 is 0 Å². The van der Waals surface area contributed by atoms with E-state index in [4.69, 9.17) is 11.6 Å². The van der Waals surface area contributed by atoms with Crippen LogP contribution in [0.5, 0.6) is 0 Å². The summed E-state index contributed by atoms with van der Waals surface area (Å²) in [6.07, 6.45) is 1.61. The van der Waals surface area contributed by atoms with Gasteiger partial charge in [-0.05, 0) is 19.1 Å². The van der Waals surface area contributed by atoms with Gasteiger partial charge in [0.1, 0.15) is 0 Å². The monoisotopic (exact) mass is 229 g/mol. The lowest BCUT2D eigenvalue weighted by molar-refractivity contribution is 0.104. The highest BCUT2D eigenvalue weighted by atomic mass is 35.5. The number of ketones is 1. The molecule has 1 heterocycles. The van der Waals surface area contributed by atoms with E-state index in [2.05, 4.69) is 0 Å². The van der Waals surface area contributed by atoms with E-state index in [1.165, 1.54) is 11.3 Å². The Bertz CT molecular complexity index is 368. The van der Waals surface area contributed by atoms with Crippen molar-refractivity contribution >= 4 is 28.7 Å². The SMILES string of the molecule is C/C(=C\C(=O)c1ccc(Cl)s1)N(C)C. The molecular weight excluding hydrogens is 218 g/mol. The Hall–Kier alpha value is -0.800. The van der Waals surface area contributed by atoms with Crippen LogP contribution in [-0.2, 0) is 0 Å². The van der Waals surface area contributed by atoms with E-state index in [0.29, 0.717) is 9.21 Å². The molecule has 1 rings (SSSR count). The number of thiophene rings is 1. The van der Waals surface area contributed by atoms with E-state index in [1.54, 1.807) is 18.2 Å². The molecule has 14 heavy (non-hydrogen) atoms. The van der Waals surface area contributed by atoms with Gasteiger partial charge in [0.2, 0.25) is 0 Å². The summed E-state index contributed by atoms with van der Waals surface area (Å²) < 4.78 is 0.643. The smallest absolute Gasteiger partial charge is 0.197 e. The molecule has 0 amide bonds. The summed E-state index contributed by atoms with van der Waals surface area (Å²) >= 11 is 7.04. The summed E-state index contributed by atoms with van der Waals surface area (Å²) in [5.74, 6) is 0.00750. The minimum Gasteiger partial charge on any atom is -0.381 e. The van der Waals surface area contributed by atoms with Gasteiger partial charge in [-0.25, -0.2) is 0 Å². The van der Waals surface area contributed by atoms with Crippen molar-refractivity contribution in [3.8, 4) is 0 Å². The van der Waals surface area contributed by atoms with Gasteiger partial charge in [-0.15, -0.1) is 11.3 Å². The van der Waals surface area contributed by atoms with Crippen LogP contribution in [0.1, 0.15) is 16.6 Å². The summed E-state index contributed by atoms with van der Waals surface area (Å²) in [5, 5.41) is 0. The van der Waals surface area contributed by atoms with Crippen molar-refractivity contribution in [3.63, 3.8) is 0 Å². The Kier molecular flexibility index (Phi) is 3.72. The maximum Gasteiger partial charge on any atom is 0.197 e. The molecule has 0 aromatic carbocycles. The third-order valence-electron chi connectivity index (χ3n) is 1.86. The second-order valence-corrected chi connectivity index (χ2v) is 4.86. The Balaban J connectivity index is 2.82. The van der Waals surface area contributed by atoms with Crippen LogP contribution in [0, 0.1) is 0 Å². The van der Waals surface area contributed by atoms with Crippen LogP contribution in [0.15, 0.2) is 23.9 Å². The van der Waals surface area contributed by atoms with E-state index in [-0.39, 0.29) is 5.78 Å². The molecule has 76 valence electrons. The number of hydrogen-bond acceptors (Lipinski definition) is 3. The first kappa shape index (κ1) is 11.3. The first-order valence-electron chi connectivity index (χ1n) is 4.16. The first-order valence-corrected chi connectivity index (χ1v) is 5.35. The largest absolute Gasteiger partial charge is 0.381 e. The van der Waals surface area contributed by atoms with Crippen molar-refractivity contribution in [3.05, 3.63) is 33.1 Å². The number of nitrogens with zero attached hydrogens (tertiary/aromatic N) is 1. The van der Waals surface area contributed by atoms with Crippen molar-refractivity contribution in [1.82, 2.24) is 4.90 Å². The van der Waals surface area contributed by atoms with Crippen molar-refractivity contribution in [2.24, 2.45) is 0 Å². The van der Waals surface area contributed by atoms with E-state index >= 15 is 0 Å². The Morgan fingerprint density at radius 1 is 1.50 bits per heavy atom. The molecule has 2 nitrogen and oxygen atoms in total. The van der Waals surface area contributed by atoms with Crippen LogP contribution in [-0.4, -0.2) is 24.8 Å². The van der Waals surface area contributed by atoms with Crippen molar-refractivity contribution in [2.75, 3.05) is 14.1 Å². The number of hydrogen-bond donors (Lipinski definition) is 0.